The Labute approximate surface area is 119 Å². The Kier molecular flexibility index (Phi) is 5.70. The van der Waals surface area contributed by atoms with E-state index in [9.17, 15) is 9.59 Å². The molecule has 0 bridgehead atoms. The molecule has 1 rings (SSSR count). The molecule has 5 nitrogen and oxygen atoms in total. The van der Waals surface area contributed by atoms with Gasteiger partial charge in [-0.05, 0) is 23.6 Å². The molecule has 20 heavy (non-hydrogen) atoms. The lowest BCUT2D eigenvalue weighted by atomic mass is 9.95. The van der Waals surface area contributed by atoms with Crippen LogP contribution in [0.1, 0.15) is 42.1 Å². The summed E-state index contributed by atoms with van der Waals surface area (Å²) in [4.78, 5) is 23.5. The van der Waals surface area contributed by atoms with Crippen LogP contribution in [0, 0.1) is 0 Å². The summed E-state index contributed by atoms with van der Waals surface area (Å²) in [5.74, 6) is -0.0939. The van der Waals surface area contributed by atoms with Gasteiger partial charge in [0.1, 0.15) is 5.75 Å². The van der Waals surface area contributed by atoms with Crippen LogP contribution in [0.2, 0.25) is 0 Å². The van der Waals surface area contributed by atoms with Crippen molar-refractivity contribution in [3.63, 3.8) is 0 Å². The van der Waals surface area contributed by atoms with E-state index in [1.165, 1.54) is 14.2 Å². The van der Waals surface area contributed by atoms with Crippen molar-refractivity contribution in [2.24, 2.45) is 5.73 Å². The minimum Gasteiger partial charge on any atom is -0.496 e. The van der Waals surface area contributed by atoms with E-state index in [4.69, 9.17) is 10.5 Å². The highest BCUT2D eigenvalue weighted by molar-refractivity contribution is 6.03. The monoisotopic (exact) mass is 279 g/mol. The standard InChI is InChI=1S/C15H21NO4/c1-9(2)10-5-6-13(19-3)11(7-10)15(18)12(16)8-14(17)20-4/h5-7,9,12H,8,16H2,1-4H3. The average Bonchev–Trinajstić information content (AvgIpc) is 2.45. The van der Waals surface area contributed by atoms with Crippen molar-refractivity contribution in [1.82, 2.24) is 0 Å². The Hall–Kier alpha value is -1.88. The number of ketones is 1. The van der Waals surface area contributed by atoms with Gasteiger partial charge in [-0.3, -0.25) is 9.59 Å². The Morgan fingerprint density at radius 3 is 2.40 bits per heavy atom. The molecule has 110 valence electrons. The SMILES string of the molecule is COC(=O)CC(N)C(=O)c1cc(C(C)C)ccc1OC. The molecule has 1 aromatic carbocycles. The van der Waals surface area contributed by atoms with Crippen molar-refractivity contribution in [2.45, 2.75) is 32.2 Å². The zero-order valence-corrected chi connectivity index (χ0v) is 12.3. The summed E-state index contributed by atoms with van der Waals surface area (Å²) in [7, 11) is 2.76. The van der Waals surface area contributed by atoms with Crippen LogP contribution in [0.25, 0.3) is 0 Å². The number of hydrogen-bond donors (Lipinski definition) is 1. The summed E-state index contributed by atoms with van der Waals surface area (Å²) >= 11 is 0. The molecular formula is C15H21NO4. The van der Waals surface area contributed by atoms with Gasteiger partial charge >= 0.3 is 5.97 Å². The Balaban J connectivity index is 3.06. The molecule has 0 aliphatic carbocycles. The third kappa shape index (κ3) is 3.81. The molecule has 0 fully saturated rings. The van der Waals surface area contributed by atoms with Crippen LogP contribution in [0.15, 0.2) is 18.2 Å². The number of benzene rings is 1. The first-order valence-electron chi connectivity index (χ1n) is 6.45. The molecule has 1 atom stereocenters. The number of Topliss-reactive ketones (excluding diaryl/α,β-unsaturated/α-hetero) is 1. The number of carbonyl (C=O) groups excluding carboxylic acids is 2. The zero-order chi connectivity index (χ0) is 15.3. The van der Waals surface area contributed by atoms with Crippen LogP contribution in [0.3, 0.4) is 0 Å². The molecule has 0 aliphatic heterocycles. The molecule has 0 saturated carbocycles. The minimum absolute atomic E-state index is 0.148. The fourth-order valence-electron chi connectivity index (χ4n) is 1.83. The lowest BCUT2D eigenvalue weighted by molar-refractivity contribution is -0.140. The number of esters is 1. The van der Waals surface area contributed by atoms with Gasteiger partial charge in [0.25, 0.3) is 0 Å². The lowest BCUT2D eigenvalue weighted by Crippen LogP contribution is -2.33. The molecule has 0 amide bonds. The number of nitrogens with two attached hydrogens (primary N) is 1. The fraction of sp³-hybridized carbons (Fsp3) is 0.467. The largest absolute Gasteiger partial charge is 0.496 e. The van der Waals surface area contributed by atoms with Gasteiger partial charge in [-0.1, -0.05) is 19.9 Å². The molecular weight excluding hydrogens is 258 g/mol. The van der Waals surface area contributed by atoms with Crippen molar-refractivity contribution in [3.05, 3.63) is 29.3 Å². The number of hydrogen-bond acceptors (Lipinski definition) is 5. The van der Waals surface area contributed by atoms with Gasteiger partial charge in [0.2, 0.25) is 0 Å². The highest BCUT2D eigenvalue weighted by atomic mass is 16.5. The molecule has 5 heteroatoms. The predicted molar refractivity (Wildman–Crippen MR) is 76.0 cm³/mol. The second kappa shape index (κ2) is 7.05. The van der Waals surface area contributed by atoms with Crippen LogP contribution >= 0.6 is 0 Å². The molecule has 1 aromatic rings. The Bertz CT molecular complexity index is 497. The zero-order valence-electron chi connectivity index (χ0n) is 12.3. The van der Waals surface area contributed by atoms with Crippen LogP contribution in [0.4, 0.5) is 0 Å². The second-order valence-corrected chi connectivity index (χ2v) is 4.87. The molecule has 0 spiro atoms. The van der Waals surface area contributed by atoms with Crippen molar-refractivity contribution < 1.29 is 19.1 Å². The Morgan fingerprint density at radius 2 is 1.90 bits per heavy atom. The summed E-state index contributed by atoms with van der Waals surface area (Å²) in [6, 6.07) is 4.49. The van der Waals surface area contributed by atoms with E-state index in [1.54, 1.807) is 12.1 Å². The van der Waals surface area contributed by atoms with Crippen LogP contribution in [-0.2, 0) is 9.53 Å². The van der Waals surface area contributed by atoms with Gasteiger partial charge in [0.05, 0.1) is 32.2 Å². The maximum Gasteiger partial charge on any atom is 0.307 e. The van der Waals surface area contributed by atoms with Crippen molar-refractivity contribution >= 4 is 11.8 Å². The first-order chi connectivity index (χ1) is 9.40. The van der Waals surface area contributed by atoms with E-state index in [2.05, 4.69) is 4.74 Å². The number of carbonyl (C=O) groups is 2. The number of rotatable bonds is 6. The lowest BCUT2D eigenvalue weighted by Gasteiger charge is -2.15. The van der Waals surface area contributed by atoms with Gasteiger partial charge in [-0.2, -0.15) is 0 Å². The molecule has 0 radical (unpaired) electrons. The quantitative estimate of drug-likeness (QED) is 0.635. The fourth-order valence-corrected chi connectivity index (χ4v) is 1.83. The predicted octanol–water partition coefficient (Wildman–Crippen LogP) is 1.89. The number of ether oxygens (including phenoxy) is 2. The van der Waals surface area contributed by atoms with Crippen LogP contribution in [0.5, 0.6) is 5.75 Å². The van der Waals surface area contributed by atoms with Gasteiger partial charge in [-0.25, -0.2) is 0 Å². The second-order valence-electron chi connectivity index (χ2n) is 4.87. The highest BCUT2D eigenvalue weighted by Crippen LogP contribution is 2.25. The third-order valence-electron chi connectivity index (χ3n) is 3.11. The van der Waals surface area contributed by atoms with E-state index >= 15 is 0 Å². The van der Waals surface area contributed by atoms with E-state index in [0.717, 1.165) is 5.56 Å². The normalized spacial score (nSPS) is 12.1. The maximum atomic E-state index is 12.3. The van der Waals surface area contributed by atoms with E-state index < -0.39 is 12.0 Å². The first-order valence-corrected chi connectivity index (χ1v) is 6.45. The summed E-state index contributed by atoms with van der Waals surface area (Å²) in [6.07, 6.45) is -0.148. The van der Waals surface area contributed by atoms with Gasteiger partial charge in [-0.15, -0.1) is 0 Å². The summed E-state index contributed by atoms with van der Waals surface area (Å²) < 4.78 is 9.71. The van der Waals surface area contributed by atoms with Crippen molar-refractivity contribution in [2.75, 3.05) is 14.2 Å². The molecule has 0 saturated heterocycles. The highest BCUT2D eigenvalue weighted by Gasteiger charge is 2.23. The van der Waals surface area contributed by atoms with Gasteiger partial charge < -0.3 is 15.2 Å². The molecule has 2 N–H and O–H groups in total. The van der Waals surface area contributed by atoms with E-state index in [-0.39, 0.29) is 18.1 Å². The smallest absolute Gasteiger partial charge is 0.307 e. The molecule has 0 heterocycles. The third-order valence-corrected chi connectivity index (χ3v) is 3.11. The topological polar surface area (TPSA) is 78.6 Å². The summed E-state index contributed by atoms with van der Waals surface area (Å²) in [5, 5.41) is 0. The van der Waals surface area contributed by atoms with E-state index in [0.29, 0.717) is 11.3 Å². The number of methoxy groups -OCH3 is 2. The average molecular weight is 279 g/mol. The summed E-state index contributed by atoms with van der Waals surface area (Å²) in [5.41, 5.74) is 7.18. The van der Waals surface area contributed by atoms with Crippen molar-refractivity contribution in [1.29, 1.82) is 0 Å². The van der Waals surface area contributed by atoms with Crippen LogP contribution < -0.4 is 10.5 Å². The Morgan fingerprint density at radius 1 is 1.25 bits per heavy atom. The van der Waals surface area contributed by atoms with Gasteiger partial charge in [0, 0.05) is 0 Å². The van der Waals surface area contributed by atoms with Crippen molar-refractivity contribution in [3.8, 4) is 5.75 Å². The minimum atomic E-state index is -0.932. The van der Waals surface area contributed by atoms with Crippen LogP contribution in [-0.4, -0.2) is 32.0 Å². The maximum absolute atomic E-state index is 12.3. The molecule has 1 unspecified atom stereocenters. The molecule has 0 aromatic heterocycles. The first kappa shape index (κ1) is 16.2. The van der Waals surface area contributed by atoms with Gasteiger partial charge in [0.15, 0.2) is 5.78 Å². The van der Waals surface area contributed by atoms with E-state index in [1.807, 2.05) is 19.9 Å². The molecule has 0 aliphatic rings. The summed E-state index contributed by atoms with van der Waals surface area (Å²) in [6.45, 7) is 4.06.